The maximum Gasteiger partial charge on any atom is 0.407 e. The summed E-state index contributed by atoms with van der Waals surface area (Å²) in [7, 11) is -3.56. The Morgan fingerprint density at radius 1 is 1.26 bits per heavy atom. The molecule has 2 N–H and O–H groups in total. The summed E-state index contributed by atoms with van der Waals surface area (Å²) >= 11 is 0. The fourth-order valence-corrected chi connectivity index (χ4v) is 2.24. The molecule has 1 aromatic carbocycles. The molecule has 0 aliphatic rings. The molecule has 0 aromatic heterocycles. The molecule has 1 unspecified atom stereocenters. The van der Waals surface area contributed by atoms with Crippen LogP contribution < -0.4 is 9.50 Å². The molecule has 0 aliphatic carbocycles. The van der Waals surface area contributed by atoms with E-state index in [2.05, 4.69) is 5.32 Å². The van der Waals surface area contributed by atoms with Gasteiger partial charge in [-0.1, -0.05) is 12.1 Å². The van der Waals surface area contributed by atoms with Crippen LogP contribution in [0.15, 0.2) is 24.3 Å². The lowest BCUT2D eigenvalue weighted by molar-refractivity contribution is 0.0483. The molecular formula is C15H23NO6S. The molecule has 1 amide bonds. The van der Waals surface area contributed by atoms with Crippen LogP contribution in [-0.2, 0) is 21.3 Å². The second-order valence-electron chi connectivity index (χ2n) is 6.16. The first-order chi connectivity index (χ1) is 10.5. The van der Waals surface area contributed by atoms with Crippen molar-refractivity contribution in [1.82, 2.24) is 5.32 Å². The van der Waals surface area contributed by atoms with Crippen molar-refractivity contribution in [3.8, 4) is 5.75 Å². The predicted molar refractivity (Wildman–Crippen MR) is 85.9 cm³/mol. The van der Waals surface area contributed by atoms with Crippen molar-refractivity contribution in [2.45, 2.75) is 38.8 Å². The van der Waals surface area contributed by atoms with Gasteiger partial charge in [-0.15, -0.1) is 0 Å². The Hall–Kier alpha value is -1.80. The fourth-order valence-electron chi connectivity index (χ4n) is 1.78. The van der Waals surface area contributed by atoms with Crippen LogP contribution in [0.25, 0.3) is 0 Å². The molecule has 0 fully saturated rings. The lowest BCUT2D eigenvalue weighted by Crippen LogP contribution is -2.42. The maximum atomic E-state index is 11.7. The highest BCUT2D eigenvalue weighted by Gasteiger charge is 2.19. The molecule has 130 valence electrons. The van der Waals surface area contributed by atoms with Crippen molar-refractivity contribution in [3.05, 3.63) is 29.8 Å². The number of carbonyl (C=O) groups is 1. The largest absolute Gasteiger partial charge is 0.444 e. The van der Waals surface area contributed by atoms with E-state index in [4.69, 9.17) is 8.92 Å². The molecule has 0 heterocycles. The van der Waals surface area contributed by atoms with Crippen LogP contribution in [0.5, 0.6) is 5.75 Å². The Morgan fingerprint density at radius 2 is 1.83 bits per heavy atom. The van der Waals surface area contributed by atoms with Crippen LogP contribution in [-0.4, -0.2) is 44.1 Å². The van der Waals surface area contributed by atoms with Gasteiger partial charge in [0.2, 0.25) is 0 Å². The molecule has 1 aromatic rings. The zero-order valence-electron chi connectivity index (χ0n) is 13.7. The molecule has 0 aliphatic heterocycles. The number of alkyl carbamates (subject to hydrolysis) is 1. The van der Waals surface area contributed by atoms with Crippen LogP contribution in [0.1, 0.15) is 26.3 Å². The molecule has 0 saturated carbocycles. The standard InChI is InChI=1S/C15H23NO6S/c1-15(2,3)21-14(18)16-12(10-17)9-11-5-7-13(8-6-11)22-23(4,19)20/h5-8,12,17H,9-10H2,1-4H3,(H,16,18). The minimum atomic E-state index is -3.56. The molecule has 7 nitrogen and oxygen atoms in total. The summed E-state index contributed by atoms with van der Waals surface area (Å²) in [5.74, 6) is 0.205. The summed E-state index contributed by atoms with van der Waals surface area (Å²) in [4.78, 5) is 11.7. The SMILES string of the molecule is CC(C)(C)OC(=O)NC(CO)Cc1ccc(OS(C)(=O)=O)cc1. The van der Waals surface area contributed by atoms with Gasteiger partial charge in [0.15, 0.2) is 0 Å². The average Bonchev–Trinajstić information content (AvgIpc) is 2.36. The molecule has 8 heteroatoms. The smallest absolute Gasteiger partial charge is 0.407 e. The first kappa shape index (κ1) is 19.2. The first-order valence-electron chi connectivity index (χ1n) is 7.07. The summed E-state index contributed by atoms with van der Waals surface area (Å²) in [5.41, 5.74) is 0.190. The Balaban J connectivity index is 2.63. The van der Waals surface area contributed by atoms with E-state index in [1.54, 1.807) is 32.9 Å². The summed E-state index contributed by atoms with van der Waals surface area (Å²) in [5, 5.41) is 12.0. The number of ether oxygens (including phenoxy) is 1. The van der Waals surface area contributed by atoms with Gasteiger partial charge >= 0.3 is 16.2 Å². The van der Waals surface area contributed by atoms with Crippen molar-refractivity contribution in [2.24, 2.45) is 0 Å². The number of aliphatic hydroxyl groups is 1. The molecular weight excluding hydrogens is 322 g/mol. The number of rotatable bonds is 6. The first-order valence-corrected chi connectivity index (χ1v) is 8.89. The quantitative estimate of drug-likeness (QED) is 0.757. The molecule has 23 heavy (non-hydrogen) atoms. The monoisotopic (exact) mass is 345 g/mol. The van der Waals surface area contributed by atoms with Crippen LogP contribution in [0.4, 0.5) is 4.79 Å². The van der Waals surface area contributed by atoms with Gasteiger partial charge in [-0.05, 0) is 44.9 Å². The number of hydrogen-bond donors (Lipinski definition) is 2. The number of aliphatic hydroxyl groups excluding tert-OH is 1. The van der Waals surface area contributed by atoms with Crippen molar-refractivity contribution in [2.75, 3.05) is 12.9 Å². The van der Waals surface area contributed by atoms with Crippen molar-refractivity contribution >= 4 is 16.2 Å². The highest BCUT2D eigenvalue weighted by Crippen LogP contribution is 2.15. The second kappa shape index (κ2) is 7.65. The Bertz CT molecular complexity index is 618. The van der Waals surface area contributed by atoms with Gasteiger partial charge < -0.3 is 19.3 Å². The van der Waals surface area contributed by atoms with Gasteiger partial charge in [-0.25, -0.2) is 4.79 Å². The van der Waals surface area contributed by atoms with Gasteiger partial charge in [0, 0.05) is 0 Å². The average molecular weight is 345 g/mol. The molecule has 0 saturated heterocycles. The van der Waals surface area contributed by atoms with Gasteiger partial charge in [0.1, 0.15) is 11.4 Å². The van der Waals surface area contributed by atoms with Crippen molar-refractivity contribution < 1.29 is 27.2 Å². The molecule has 0 spiro atoms. The van der Waals surface area contributed by atoms with E-state index in [0.29, 0.717) is 6.42 Å². The maximum absolute atomic E-state index is 11.7. The zero-order valence-corrected chi connectivity index (χ0v) is 14.5. The summed E-state index contributed by atoms with van der Waals surface area (Å²) in [6.45, 7) is 5.00. The Kier molecular flexibility index (Phi) is 6.40. The summed E-state index contributed by atoms with van der Waals surface area (Å²) in [6.07, 6.45) is 0.733. The van der Waals surface area contributed by atoms with E-state index in [0.717, 1.165) is 11.8 Å². The predicted octanol–water partition coefficient (Wildman–Crippen LogP) is 1.45. The van der Waals surface area contributed by atoms with Crippen LogP contribution in [0, 0.1) is 0 Å². The number of hydrogen-bond acceptors (Lipinski definition) is 6. The van der Waals surface area contributed by atoms with Gasteiger partial charge in [0.25, 0.3) is 0 Å². The minimum Gasteiger partial charge on any atom is -0.444 e. The van der Waals surface area contributed by atoms with E-state index in [1.807, 2.05) is 0 Å². The Morgan fingerprint density at radius 3 is 2.26 bits per heavy atom. The number of amides is 1. The topological polar surface area (TPSA) is 102 Å². The lowest BCUT2D eigenvalue weighted by atomic mass is 10.1. The molecule has 0 bridgehead atoms. The fraction of sp³-hybridized carbons (Fsp3) is 0.533. The van der Waals surface area contributed by atoms with Gasteiger partial charge in [-0.2, -0.15) is 8.42 Å². The zero-order chi connectivity index (χ0) is 17.7. The molecule has 0 radical (unpaired) electrons. The number of carbonyl (C=O) groups excluding carboxylic acids is 1. The van der Waals surface area contributed by atoms with Crippen molar-refractivity contribution in [1.29, 1.82) is 0 Å². The number of nitrogens with one attached hydrogen (secondary N) is 1. The van der Waals surface area contributed by atoms with E-state index in [1.165, 1.54) is 12.1 Å². The van der Waals surface area contributed by atoms with Gasteiger partial charge in [0.05, 0.1) is 18.9 Å². The third-order valence-corrected chi connectivity index (χ3v) is 3.09. The third kappa shape index (κ3) is 8.41. The summed E-state index contributed by atoms with van der Waals surface area (Å²) < 4.78 is 31.9. The minimum absolute atomic E-state index is 0.205. The summed E-state index contributed by atoms with van der Waals surface area (Å²) in [6, 6.07) is 5.85. The second-order valence-corrected chi connectivity index (χ2v) is 7.74. The van der Waals surface area contributed by atoms with Crippen LogP contribution in [0.2, 0.25) is 0 Å². The third-order valence-electron chi connectivity index (χ3n) is 2.59. The number of benzene rings is 1. The molecule has 1 atom stereocenters. The van der Waals surface area contributed by atoms with Gasteiger partial charge in [-0.3, -0.25) is 0 Å². The Labute approximate surface area is 136 Å². The van der Waals surface area contributed by atoms with E-state index in [9.17, 15) is 18.3 Å². The van der Waals surface area contributed by atoms with Crippen LogP contribution in [0.3, 0.4) is 0 Å². The molecule has 1 rings (SSSR count). The van der Waals surface area contributed by atoms with E-state index >= 15 is 0 Å². The van der Waals surface area contributed by atoms with E-state index in [-0.39, 0.29) is 12.4 Å². The normalized spacial score (nSPS) is 13.3. The van der Waals surface area contributed by atoms with E-state index < -0.39 is 27.9 Å². The van der Waals surface area contributed by atoms with Crippen LogP contribution >= 0.6 is 0 Å². The highest BCUT2D eigenvalue weighted by molar-refractivity contribution is 7.86. The van der Waals surface area contributed by atoms with Crippen molar-refractivity contribution in [3.63, 3.8) is 0 Å². The lowest BCUT2D eigenvalue weighted by Gasteiger charge is -2.22. The highest BCUT2D eigenvalue weighted by atomic mass is 32.2.